The first-order valence-corrected chi connectivity index (χ1v) is 5.01. The molecule has 0 aliphatic rings. The Balaban J connectivity index is 2.99. The standard InChI is InChI=1S/C13H17N/c1-13(2,3)12-9-5-4-7-11(12)8-6-10-14/h4-5,7,9H,6,8H2,1-3H3. The van der Waals surface area contributed by atoms with Gasteiger partial charge in [-0.05, 0) is 23.0 Å². The molecule has 0 radical (unpaired) electrons. The summed E-state index contributed by atoms with van der Waals surface area (Å²) in [6, 6.07) is 10.6. The van der Waals surface area contributed by atoms with Crippen LogP contribution in [0, 0.1) is 11.3 Å². The molecule has 1 aromatic carbocycles. The van der Waals surface area contributed by atoms with Gasteiger partial charge < -0.3 is 0 Å². The fourth-order valence-corrected chi connectivity index (χ4v) is 1.66. The number of nitrogens with zero attached hydrogens (tertiary/aromatic N) is 1. The molecule has 74 valence electrons. The Hall–Kier alpha value is -1.29. The van der Waals surface area contributed by atoms with Gasteiger partial charge in [0.25, 0.3) is 0 Å². The number of rotatable bonds is 2. The summed E-state index contributed by atoms with van der Waals surface area (Å²) in [5.74, 6) is 0. The van der Waals surface area contributed by atoms with Crippen LogP contribution in [0.2, 0.25) is 0 Å². The molecular weight excluding hydrogens is 170 g/mol. The maximum atomic E-state index is 8.57. The van der Waals surface area contributed by atoms with E-state index in [1.807, 2.05) is 6.07 Å². The first-order chi connectivity index (χ1) is 6.55. The molecule has 0 aromatic heterocycles. The van der Waals surface area contributed by atoms with E-state index in [0.717, 1.165) is 6.42 Å². The van der Waals surface area contributed by atoms with Crippen molar-refractivity contribution >= 4 is 0 Å². The lowest BCUT2D eigenvalue weighted by atomic mass is 9.83. The third kappa shape index (κ3) is 2.60. The Morgan fingerprint density at radius 2 is 1.86 bits per heavy atom. The van der Waals surface area contributed by atoms with E-state index >= 15 is 0 Å². The predicted molar refractivity (Wildman–Crippen MR) is 59.1 cm³/mol. The highest BCUT2D eigenvalue weighted by atomic mass is 14.2. The van der Waals surface area contributed by atoms with Crippen molar-refractivity contribution in [3.05, 3.63) is 35.4 Å². The van der Waals surface area contributed by atoms with Crippen LogP contribution in [0.15, 0.2) is 24.3 Å². The minimum atomic E-state index is 0.173. The van der Waals surface area contributed by atoms with Gasteiger partial charge in [0.05, 0.1) is 6.07 Å². The average molecular weight is 187 g/mol. The fourth-order valence-electron chi connectivity index (χ4n) is 1.66. The summed E-state index contributed by atoms with van der Waals surface area (Å²) in [6.45, 7) is 6.62. The molecule has 0 heterocycles. The Morgan fingerprint density at radius 1 is 1.21 bits per heavy atom. The van der Waals surface area contributed by atoms with E-state index in [1.165, 1.54) is 11.1 Å². The molecule has 0 fully saturated rings. The second-order valence-corrected chi connectivity index (χ2v) is 4.57. The van der Waals surface area contributed by atoms with Gasteiger partial charge >= 0.3 is 0 Å². The van der Waals surface area contributed by atoms with Crippen molar-refractivity contribution in [2.24, 2.45) is 0 Å². The monoisotopic (exact) mass is 187 g/mol. The van der Waals surface area contributed by atoms with E-state index in [2.05, 4.69) is 45.0 Å². The average Bonchev–Trinajstić information content (AvgIpc) is 2.14. The molecule has 0 aliphatic carbocycles. The van der Waals surface area contributed by atoms with Gasteiger partial charge in [-0.2, -0.15) is 5.26 Å². The zero-order valence-electron chi connectivity index (χ0n) is 9.17. The molecule has 0 bridgehead atoms. The number of hydrogen-bond donors (Lipinski definition) is 0. The third-order valence-corrected chi connectivity index (χ3v) is 2.33. The second-order valence-electron chi connectivity index (χ2n) is 4.57. The van der Waals surface area contributed by atoms with E-state index in [9.17, 15) is 0 Å². The number of nitriles is 1. The molecule has 1 heteroatoms. The molecule has 0 aliphatic heterocycles. The van der Waals surface area contributed by atoms with Crippen LogP contribution < -0.4 is 0 Å². The molecule has 0 saturated heterocycles. The zero-order chi connectivity index (χ0) is 10.6. The Bertz CT molecular complexity index is 339. The van der Waals surface area contributed by atoms with E-state index in [1.54, 1.807) is 0 Å². The summed E-state index contributed by atoms with van der Waals surface area (Å²) in [5, 5.41) is 8.57. The van der Waals surface area contributed by atoms with Gasteiger partial charge in [-0.25, -0.2) is 0 Å². The molecule has 0 saturated carbocycles. The molecule has 0 unspecified atom stereocenters. The van der Waals surface area contributed by atoms with Crippen LogP contribution in [0.25, 0.3) is 0 Å². The minimum Gasteiger partial charge on any atom is -0.198 e. The molecule has 0 atom stereocenters. The van der Waals surface area contributed by atoms with Crippen molar-refractivity contribution < 1.29 is 0 Å². The van der Waals surface area contributed by atoms with Crippen molar-refractivity contribution in [2.75, 3.05) is 0 Å². The Morgan fingerprint density at radius 3 is 2.43 bits per heavy atom. The van der Waals surface area contributed by atoms with Gasteiger partial charge in [-0.15, -0.1) is 0 Å². The van der Waals surface area contributed by atoms with Crippen molar-refractivity contribution in [3.8, 4) is 6.07 Å². The highest BCUT2D eigenvalue weighted by Gasteiger charge is 2.16. The molecule has 14 heavy (non-hydrogen) atoms. The third-order valence-electron chi connectivity index (χ3n) is 2.33. The van der Waals surface area contributed by atoms with Gasteiger partial charge in [0, 0.05) is 6.42 Å². The van der Waals surface area contributed by atoms with E-state index in [4.69, 9.17) is 5.26 Å². The highest BCUT2D eigenvalue weighted by Crippen LogP contribution is 2.26. The molecule has 0 spiro atoms. The number of hydrogen-bond acceptors (Lipinski definition) is 1. The van der Waals surface area contributed by atoms with Crippen LogP contribution in [0.4, 0.5) is 0 Å². The van der Waals surface area contributed by atoms with Crippen molar-refractivity contribution in [2.45, 2.75) is 39.0 Å². The van der Waals surface area contributed by atoms with Crippen LogP contribution in [-0.2, 0) is 11.8 Å². The summed E-state index contributed by atoms with van der Waals surface area (Å²) in [6.07, 6.45) is 1.47. The van der Waals surface area contributed by atoms with Crippen LogP contribution in [0.1, 0.15) is 38.3 Å². The lowest BCUT2D eigenvalue weighted by Crippen LogP contribution is -2.13. The van der Waals surface area contributed by atoms with Crippen molar-refractivity contribution in [1.82, 2.24) is 0 Å². The van der Waals surface area contributed by atoms with Crippen molar-refractivity contribution in [1.29, 1.82) is 5.26 Å². The lowest BCUT2D eigenvalue weighted by molar-refractivity contribution is 0.582. The molecule has 1 aromatic rings. The van der Waals surface area contributed by atoms with E-state index < -0.39 is 0 Å². The van der Waals surface area contributed by atoms with Crippen LogP contribution in [-0.4, -0.2) is 0 Å². The molecule has 0 amide bonds. The molecule has 1 rings (SSSR count). The summed E-state index contributed by atoms with van der Waals surface area (Å²) < 4.78 is 0. The number of aryl methyl sites for hydroxylation is 1. The topological polar surface area (TPSA) is 23.8 Å². The summed E-state index contributed by atoms with van der Waals surface area (Å²) >= 11 is 0. The van der Waals surface area contributed by atoms with Gasteiger partial charge in [-0.1, -0.05) is 45.0 Å². The lowest BCUT2D eigenvalue weighted by Gasteiger charge is -2.22. The summed E-state index contributed by atoms with van der Waals surface area (Å²) in [5.41, 5.74) is 2.84. The highest BCUT2D eigenvalue weighted by molar-refractivity contribution is 5.33. The van der Waals surface area contributed by atoms with E-state index in [-0.39, 0.29) is 5.41 Å². The molecule has 0 N–H and O–H groups in total. The van der Waals surface area contributed by atoms with Crippen LogP contribution in [0.3, 0.4) is 0 Å². The van der Waals surface area contributed by atoms with Crippen LogP contribution in [0.5, 0.6) is 0 Å². The van der Waals surface area contributed by atoms with Crippen molar-refractivity contribution in [3.63, 3.8) is 0 Å². The maximum absolute atomic E-state index is 8.57. The Kier molecular flexibility index (Phi) is 3.30. The minimum absolute atomic E-state index is 0.173. The van der Waals surface area contributed by atoms with Gasteiger partial charge in [-0.3, -0.25) is 0 Å². The van der Waals surface area contributed by atoms with Crippen LogP contribution >= 0.6 is 0 Å². The Labute approximate surface area is 86.4 Å². The van der Waals surface area contributed by atoms with Gasteiger partial charge in [0.15, 0.2) is 0 Å². The summed E-state index contributed by atoms with van der Waals surface area (Å²) in [7, 11) is 0. The first-order valence-electron chi connectivity index (χ1n) is 5.01. The van der Waals surface area contributed by atoms with Gasteiger partial charge in [0.1, 0.15) is 0 Å². The summed E-state index contributed by atoms with van der Waals surface area (Å²) in [4.78, 5) is 0. The normalized spacial score (nSPS) is 11.0. The molecular formula is C13H17N. The smallest absolute Gasteiger partial charge is 0.0625 e. The van der Waals surface area contributed by atoms with Gasteiger partial charge in [0.2, 0.25) is 0 Å². The number of benzene rings is 1. The SMILES string of the molecule is CC(C)(C)c1ccccc1CCC#N. The quantitative estimate of drug-likeness (QED) is 0.695. The zero-order valence-corrected chi connectivity index (χ0v) is 9.17. The van der Waals surface area contributed by atoms with E-state index in [0.29, 0.717) is 6.42 Å². The fraction of sp³-hybridized carbons (Fsp3) is 0.462. The molecule has 1 nitrogen and oxygen atoms in total. The maximum Gasteiger partial charge on any atom is 0.0625 e. The predicted octanol–water partition coefficient (Wildman–Crippen LogP) is 3.44. The second kappa shape index (κ2) is 4.28. The largest absolute Gasteiger partial charge is 0.198 e. The first kappa shape index (κ1) is 10.8.